The van der Waals surface area contributed by atoms with E-state index in [4.69, 9.17) is 0 Å². The fraction of sp³-hybridized carbons (Fsp3) is 0.238. The topological polar surface area (TPSA) is 126 Å². The number of rotatable bonds is 4. The van der Waals surface area contributed by atoms with Crippen LogP contribution in [0.4, 0.5) is 5.69 Å². The van der Waals surface area contributed by atoms with Gasteiger partial charge in [0.05, 0.1) is 29.3 Å². The molecule has 1 atom stereocenters. The van der Waals surface area contributed by atoms with E-state index in [0.29, 0.717) is 11.5 Å². The van der Waals surface area contributed by atoms with E-state index in [1.165, 1.54) is 6.20 Å². The first-order valence-corrected chi connectivity index (χ1v) is 9.71. The van der Waals surface area contributed by atoms with Gasteiger partial charge in [-0.15, -0.1) is 0 Å². The SMILES string of the molecule is CC(C)N1C(=O)CC(NC(=O)C(=O)Nc2ccc(-n3cnc4ccccc43)nc2)C1=O. The molecule has 10 heteroatoms. The Morgan fingerprint density at radius 2 is 1.84 bits per heavy atom. The molecule has 4 amide bonds. The van der Waals surface area contributed by atoms with E-state index < -0.39 is 23.8 Å². The number of carbonyl (C=O) groups excluding carboxylic acids is 4. The van der Waals surface area contributed by atoms with Gasteiger partial charge < -0.3 is 10.6 Å². The Bertz CT molecular complexity index is 1180. The molecule has 3 aromatic rings. The van der Waals surface area contributed by atoms with Crippen molar-refractivity contribution in [2.24, 2.45) is 0 Å². The highest BCUT2D eigenvalue weighted by Gasteiger charge is 2.41. The Hall–Kier alpha value is -4.08. The van der Waals surface area contributed by atoms with Crippen LogP contribution in [0.25, 0.3) is 16.9 Å². The summed E-state index contributed by atoms with van der Waals surface area (Å²) in [6.07, 6.45) is 2.91. The van der Waals surface area contributed by atoms with E-state index in [9.17, 15) is 19.2 Å². The van der Waals surface area contributed by atoms with Gasteiger partial charge in [0.1, 0.15) is 18.2 Å². The van der Waals surface area contributed by atoms with Crippen molar-refractivity contribution >= 4 is 40.3 Å². The van der Waals surface area contributed by atoms with Gasteiger partial charge >= 0.3 is 11.8 Å². The number of nitrogens with zero attached hydrogens (tertiary/aromatic N) is 4. The zero-order valence-electron chi connectivity index (χ0n) is 16.9. The number of para-hydroxylation sites is 2. The smallest absolute Gasteiger partial charge is 0.313 e. The molecule has 158 valence electrons. The number of carbonyl (C=O) groups is 4. The third kappa shape index (κ3) is 3.87. The second-order valence-electron chi connectivity index (χ2n) is 7.39. The van der Waals surface area contributed by atoms with Crippen LogP contribution >= 0.6 is 0 Å². The standard InChI is InChI=1S/C21H20N6O4/c1-12(2)27-18(28)9-15(21(27)31)25-20(30)19(29)24-13-7-8-17(22-10-13)26-11-23-14-5-3-4-6-16(14)26/h3-8,10-12,15H,9H2,1-2H3,(H,24,29)(H,25,30). The van der Waals surface area contributed by atoms with E-state index >= 15 is 0 Å². The van der Waals surface area contributed by atoms with E-state index in [2.05, 4.69) is 20.6 Å². The second-order valence-corrected chi connectivity index (χ2v) is 7.39. The molecular formula is C21H20N6O4. The van der Waals surface area contributed by atoms with Crippen LogP contribution in [0.15, 0.2) is 48.9 Å². The van der Waals surface area contributed by atoms with Gasteiger partial charge in [0.2, 0.25) is 5.91 Å². The Morgan fingerprint density at radius 3 is 2.52 bits per heavy atom. The number of amides is 4. The Labute approximate surface area is 177 Å². The molecular weight excluding hydrogens is 400 g/mol. The lowest BCUT2D eigenvalue weighted by Crippen LogP contribution is -2.47. The summed E-state index contributed by atoms with van der Waals surface area (Å²) >= 11 is 0. The maximum Gasteiger partial charge on any atom is 0.313 e. The molecule has 1 aromatic carbocycles. The van der Waals surface area contributed by atoms with Crippen molar-refractivity contribution in [3.63, 3.8) is 0 Å². The van der Waals surface area contributed by atoms with Crippen LogP contribution in [0.3, 0.4) is 0 Å². The van der Waals surface area contributed by atoms with Crippen molar-refractivity contribution in [1.82, 2.24) is 24.8 Å². The van der Waals surface area contributed by atoms with E-state index in [1.54, 1.807) is 36.9 Å². The lowest BCUT2D eigenvalue weighted by atomic mass is 10.2. The zero-order valence-corrected chi connectivity index (χ0v) is 16.9. The first kappa shape index (κ1) is 20.2. The fourth-order valence-corrected chi connectivity index (χ4v) is 3.46. The average molecular weight is 420 g/mol. The molecule has 0 aliphatic carbocycles. The highest BCUT2D eigenvalue weighted by molar-refractivity contribution is 6.40. The first-order valence-electron chi connectivity index (χ1n) is 9.71. The molecule has 0 spiro atoms. The molecule has 1 aliphatic heterocycles. The molecule has 2 aromatic heterocycles. The maximum absolute atomic E-state index is 12.3. The molecule has 1 unspecified atom stereocenters. The summed E-state index contributed by atoms with van der Waals surface area (Å²) in [4.78, 5) is 58.3. The average Bonchev–Trinajstić information content (AvgIpc) is 3.29. The Balaban J connectivity index is 1.40. The summed E-state index contributed by atoms with van der Waals surface area (Å²) in [5.41, 5.74) is 2.03. The highest BCUT2D eigenvalue weighted by atomic mass is 16.2. The van der Waals surface area contributed by atoms with Crippen molar-refractivity contribution in [2.75, 3.05) is 5.32 Å². The molecule has 2 N–H and O–H groups in total. The van der Waals surface area contributed by atoms with Gasteiger partial charge in [0.15, 0.2) is 0 Å². The minimum absolute atomic E-state index is 0.162. The predicted molar refractivity (Wildman–Crippen MR) is 111 cm³/mol. The Morgan fingerprint density at radius 1 is 1.06 bits per heavy atom. The number of nitrogens with one attached hydrogen (secondary N) is 2. The van der Waals surface area contributed by atoms with E-state index in [-0.39, 0.29) is 18.4 Å². The summed E-state index contributed by atoms with van der Waals surface area (Å²) in [6.45, 7) is 3.41. The lowest BCUT2D eigenvalue weighted by molar-refractivity contribution is -0.142. The van der Waals surface area contributed by atoms with E-state index in [1.807, 2.05) is 24.3 Å². The number of benzene rings is 1. The van der Waals surface area contributed by atoms with Crippen molar-refractivity contribution in [3.05, 3.63) is 48.9 Å². The molecule has 1 fully saturated rings. The molecule has 31 heavy (non-hydrogen) atoms. The van der Waals surface area contributed by atoms with Crippen LogP contribution in [0.2, 0.25) is 0 Å². The number of fused-ring (bicyclic) bond motifs is 1. The Kier molecular flexibility index (Phi) is 5.20. The number of hydrogen-bond acceptors (Lipinski definition) is 6. The third-order valence-corrected chi connectivity index (χ3v) is 4.92. The van der Waals surface area contributed by atoms with Gasteiger partial charge in [0, 0.05) is 6.04 Å². The first-order chi connectivity index (χ1) is 14.8. The van der Waals surface area contributed by atoms with Gasteiger partial charge in [-0.25, -0.2) is 9.97 Å². The number of imide groups is 1. The number of anilines is 1. The summed E-state index contributed by atoms with van der Waals surface area (Å²) in [6, 6.07) is 9.54. The van der Waals surface area contributed by atoms with Crippen LogP contribution in [0, 0.1) is 0 Å². The van der Waals surface area contributed by atoms with Gasteiger partial charge in [-0.05, 0) is 38.1 Å². The predicted octanol–water partition coefficient (Wildman–Crippen LogP) is 1.01. The number of likely N-dealkylation sites (tertiary alicyclic amines) is 1. The van der Waals surface area contributed by atoms with Crippen molar-refractivity contribution < 1.29 is 19.2 Å². The summed E-state index contributed by atoms with van der Waals surface area (Å²) in [7, 11) is 0. The van der Waals surface area contributed by atoms with Crippen LogP contribution in [0.1, 0.15) is 20.3 Å². The minimum atomic E-state index is -1.04. The third-order valence-electron chi connectivity index (χ3n) is 4.92. The number of aromatic nitrogens is 3. The van der Waals surface area contributed by atoms with E-state index in [0.717, 1.165) is 15.9 Å². The van der Waals surface area contributed by atoms with Gasteiger partial charge in [-0.1, -0.05) is 12.1 Å². The highest BCUT2D eigenvalue weighted by Crippen LogP contribution is 2.18. The van der Waals surface area contributed by atoms with Crippen molar-refractivity contribution in [1.29, 1.82) is 0 Å². The maximum atomic E-state index is 12.3. The normalized spacial score (nSPS) is 16.2. The molecule has 1 saturated heterocycles. The van der Waals surface area contributed by atoms with Crippen LogP contribution < -0.4 is 10.6 Å². The molecule has 3 heterocycles. The van der Waals surface area contributed by atoms with Gasteiger partial charge in [-0.2, -0.15) is 0 Å². The molecule has 1 aliphatic rings. The second kappa shape index (κ2) is 7.98. The van der Waals surface area contributed by atoms with Crippen molar-refractivity contribution in [2.45, 2.75) is 32.4 Å². The minimum Gasteiger partial charge on any atom is -0.335 e. The summed E-state index contributed by atoms with van der Waals surface area (Å²) in [5, 5.41) is 4.76. The molecule has 4 rings (SSSR count). The summed E-state index contributed by atoms with van der Waals surface area (Å²) < 4.78 is 1.80. The van der Waals surface area contributed by atoms with Crippen LogP contribution in [0.5, 0.6) is 0 Å². The van der Waals surface area contributed by atoms with Crippen molar-refractivity contribution in [3.8, 4) is 5.82 Å². The monoisotopic (exact) mass is 420 g/mol. The molecule has 0 bridgehead atoms. The molecule has 10 nitrogen and oxygen atoms in total. The summed E-state index contributed by atoms with van der Waals surface area (Å²) in [5.74, 6) is -2.25. The largest absolute Gasteiger partial charge is 0.335 e. The van der Waals surface area contributed by atoms with Crippen LogP contribution in [-0.2, 0) is 19.2 Å². The zero-order chi connectivity index (χ0) is 22.1. The number of hydrogen-bond donors (Lipinski definition) is 2. The van der Waals surface area contributed by atoms with Gasteiger partial charge in [-0.3, -0.25) is 28.6 Å². The quantitative estimate of drug-likeness (QED) is 0.479. The molecule has 0 saturated carbocycles. The fourth-order valence-electron chi connectivity index (χ4n) is 3.46. The van der Waals surface area contributed by atoms with Crippen LogP contribution in [-0.4, -0.2) is 55.1 Å². The molecule has 0 radical (unpaired) electrons. The number of imidazole rings is 1. The van der Waals surface area contributed by atoms with Gasteiger partial charge in [0.25, 0.3) is 5.91 Å². The lowest BCUT2D eigenvalue weighted by Gasteiger charge is -2.19. The number of pyridine rings is 1.